The zero-order chi connectivity index (χ0) is 18.1. The van der Waals surface area contributed by atoms with Gasteiger partial charge in [0.05, 0.1) is 5.41 Å². The van der Waals surface area contributed by atoms with Gasteiger partial charge in [0.15, 0.2) is 11.6 Å². The molecule has 0 aliphatic carbocycles. The maximum absolute atomic E-state index is 14.2. The van der Waals surface area contributed by atoms with Crippen LogP contribution in [0.15, 0.2) is 36.4 Å². The number of ether oxygens (including phenoxy) is 1. The van der Waals surface area contributed by atoms with Crippen LogP contribution in [0.4, 0.5) is 8.78 Å². The Kier molecular flexibility index (Phi) is 5.07. The quantitative estimate of drug-likeness (QED) is 0.532. The molecule has 2 aromatic carbocycles. The van der Waals surface area contributed by atoms with E-state index in [2.05, 4.69) is 13.8 Å². The molecule has 2 rings (SSSR count). The molecule has 2 nitrogen and oxygen atoms in total. The maximum atomic E-state index is 14.2. The van der Waals surface area contributed by atoms with Crippen LogP contribution < -0.4 is 4.74 Å². The van der Waals surface area contributed by atoms with Gasteiger partial charge >= 0.3 is 5.97 Å². The summed E-state index contributed by atoms with van der Waals surface area (Å²) in [6.45, 7) is 9.01. The van der Waals surface area contributed by atoms with Crippen LogP contribution in [0.2, 0.25) is 0 Å². The van der Waals surface area contributed by atoms with Crippen LogP contribution >= 0.6 is 0 Å². The van der Waals surface area contributed by atoms with Crippen molar-refractivity contribution >= 4 is 5.97 Å². The molecule has 0 amide bonds. The van der Waals surface area contributed by atoms with E-state index < -0.39 is 28.8 Å². The molecular formula is C20H22F2O2. The second-order valence-electron chi connectivity index (χ2n) is 7.19. The molecule has 0 saturated heterocycles. The fraction of sp³-hybridized carbons (Fsp3) is 0.350. The zero-order valence-corrected chi connectivity index (χ0v) is 14.6. The van der Waals surface area contributed by atoms with Gasteiger partial charge in [-0.15, -0.1) is 0 Å². The lowest BCUT2D eigenvalue weighted by molar-refractivity contribution is -0.143. The first-order valence-electron chi connectivity index (χ1n) is 7.91. The van der Waals surface area contributed by atoms with Crippen molar-refractivity contribution in [2.75, 3.05) is 0 Å². The minimum absolute atomic E-state index is 0.381. The van der Waals surface area contributed by atoms with Crippen molar-refractivity contribution in [1.82, 2.24) is 0 Å². The van der Waals surface area contributed by atoms with Gasteiger partial charge in [0.25, 0.3) is 0 Å². The number of rotatable bonds is 3. The Labute approximate surface area is 141 Å². The van der Waals surface area contributed by atoms with Crippen molar-refractivity contribution < 1.29 is 18.3 Å². The molecule has 2 aromatic rings. The molecule has 0 radical (unpaired) electrons. The molecule has 0 aromatic heterocycles. The molecule has 4 heteroatoms. The van der Waals surface area contributed by atoms with Gasteiger partial charge in [0, 0.05) is 0 Å². The third-order valence-corrected chi connectivity index (χ3v) is 3.72. The topological polar surface area (TPSA) is 26.3 Å². The van der Waals surface area contributed by atoms with E-state index in [9.17, 15) is 13.6 Å². The highest BCUT2D eigenvalue weighted by Crippen LogP contribution is 2.31. The number of carbonyl (C=O) groups is 1. The van der Waals surface area contributed by atoms with E-state index in [4.69, 9.17) is 4.74 Å². The summed E-state index contributed by atoms with van der Waals surface area (Å²) in [6.07, 6.45) is 0. The first kappa shape index (κ1) is 18.1. The highest BCUT2D eigenvalue weighted by Gasteiger charge is 2.26. The molecule has 0 spiro atoms. The fourth-order valence-corrected chi connectivity index (χ4v) is 2.13. The molecule has 0 unspecified atom stereocenters. The molecule has 0 atom stereocenters. The monoisotopic (exact) mass is 332 g/mol. The fourth-order valence-electron chi connectivity index (χ4n) is 2.13. The van der Waals surface area contributed by atoms with E-state index in [1.165, 1.54) is 12.1 Å². The van der Waals surface area contributed by atoms with Gasteiger partial charge < -0.3 is 4.74 Å². The van der Waals surface area contributed by atoms with Gasteiger partial charge in [0.1, 0.15) is 0 Å². The van der Waals surface area contributed by atoms with Gasteiger partial charge in [-0.1, -0.05) is 38.1 Å². The highest BCUT2D eigenvalue weighted by molar-refractivity contribution is 5.78. The third-order valence-electron chi connectivity index (χ3n) is 3.72. The third kappa shape index (κ3) is 3.99. The Bertz CT molecular complexity index is 718. The number of halogens is 2. The SMILES string of the molecule is CC(C)c1ccc(-c2cc(F)c(OC(=O)C(C)(C)C)c(F)c2)cc1. The molecule has 0 fully saturated rings. The van der Waals surface area contributed by atoms with E-state index in [-0.39, 0.29) is 0 Å². The van der Waals surface area contributed by atoms with Crippen molar-refractivity contribution in [3.05, 3.63) is 53.6 Å². The molecule has 0 heterocycles. The summed E-state index contributed by atoms with van der Waals surface area (Å²) in [5.74, 6) is -2.75. The molecule has 24 heavy (non-hydrogen) atoms. The highest BCUT2D eigenvalue weighted by atomic mass is 19.1. The lowest BCUT2D eigenvalue weighted by Crippen LogP contribution is -2.26. The molecule has 0 saturated carbocycles. The molecular weight excluding hydrogens is 310 g/mol. The largest absolute Gasteiger partial charge is 0.420 e. The van der Waals surface area contributed by atoms with E-state index in [1.54, 1.807) is 20.8 Å². The van der Waals surface area contributed by atoms with Crippen LogP contribution in [0.25, 0.3) is 11.1 Å². The minimum atomic E-state index is -0.893. The maximum Gasteiger partial charge on any atom is 0.316 e. The van der Waals surface area contributed by atoms with E-state index in [0.29, 0.717) is 17.0 Å². The normalized spacial score (nSPS) is 11.7. The van der Waals surface area contributed by atoms with Crippen molar-refractivity contribution in [3.8, 4) is 16.9 Å². The van der Waals surface area contributed by atoms with Gasteiger partial charge in [-0.2, -0.15) is 0 Å². The first-order valence-corrected chi connectivity index (χ1v) is 7.91. The lowest BCUT2D eigenvalue weighted by Gasteiger charge is -2.17. The average molecular weight is 332 g/mol. The lowest BCUT2D eigenvalue weighted by atomic mass is 9.97. The smallest absolute Gasteiger partial charge is 0.316 e. The summed E-state index contributed by atoms with van der Waals surface area (Å²) < 4.78 is 33.4. The molecule has 0 N–H and O–H groups in total. The van der Waals surface area contributed by atoms with Crippen molar-refractivity contribution in [3.63, 3.8) is 0 Å². The Hall–Kier alpha value is -2.23. The summed E-state index contributed by atoms with van der Waals surface area (Å²) in [7, 11) is 0. The summed E-state index contributed by atoms with van der Waals surface area (Å²) in [4.78, 5) is 11.8. The van der Waals surface area contributed by atoms with Crippen LogP contribution in [-0.2, 0) is 4.79 Å². The summed E-state index contributed by atoms with van der Waals surface area (Å²) >= 11 is 0. The second-order valence-corrected chi connectivity index (χ2v) is 7.19. The molecule has 0 aliphatic heterocycles. The van der Waals surface area contributed by atoms with E-state index in [1.807, 2.05) is 24.3 Å². The molecule has 128 valence electrons. The van der Waals surface area contributed by atoms with Crippen LogP contribution in [-0.4, -0.2) is 5.97 Å². The predicted molar refractivity (Wildman–Crippen MR) is 91.0 cm³/mol. The number of hydrogen-bond acceptors (Lipinski definition) is 2. The zero-order valence-electron chi connectivity index (χ0n) is 14.6. The summed E-state index contributed by atoms with van der Waals surface area (Å²) in [5.41, 5.74) is 1.40. The average Bonchev–Trinajstić information content (AvgIpc) is 2.49. The number of carbonyl (C=O) groups excluding carboxylic acids is 1. The van der Waals surface area contributed by atoms with Crippen LogP contribution in [0.3, 0.4) is 0 Å². The Morgan fingerprint density at radius 1 is 0.958 bits per heavy atom. The van der Waals surface area contributed by atoms with Crippen LogP contribution in [0.5, 0.6) is 5.75 Å². The second kappa shape index (κ2) is 6.71. The van der Waals surface area contributed by atoms with Crippen molar-refractivity contribution in [1.29, 1.82) is 0 Å². The van der Waals surface area contributed by atoms with Gasteiger partial charge in [-0.25, -0.2) is 8.78 Å². The number of benzene rings is 2. The van der Waals surface area contributed by atoms with Crippen molar-refractivity contribution in [2.24, 2.45) is 5.41 Å². The van der Waals surface area contributed by atoms with Gasteiger partial charge in [0.2, 0.25) is 5.75 Å². The Balaban J connectivity index is 2.34. The summed E-state index contributed by atoms with van der Waals surface area (Å²) in [6, 6.07) is 9.87. The summed E-state index contributed by atoms with van der Waals surface area (Å²) in [5, 5.41) is 0. The Morgan fingerprint density at radius 2 is 1.46 bits per heavy atom. The molecule has 0 aliphatic rings. The van der Waals surface area contributed by atoms with Gasteiger partial charge in [-0.05, 0) is 55.5 Å². The minimum Gasteiger partial charge on any atom is -0.420 e. The van der Waals surface area contributed by atoms with Crippen LogP contribution in [0.1, 0.15) is 46.1 Å². The van der Waals surface area contributed by atoms with E-state index in [0.717, 1.165) is 5.56 Å². The molecule has 0 bridgehead atoms. The predicted octanol–water partition coefficient (Wildman–Crippen LogP) is 5.71. The standard InChI is InChI=1S/C20H22F2O2/c1-12(2)13-6-8-14(9-7-13)15-10-16(21)18(17(22)11-15)24-19(23)20(3,4)5/h6-12H,1-5H3. The first-order chi connectivity index (χ1) is 11.1. The van der Waals surface area contributed by atoms with Gasteiger partial charge in [-0.3, -0.25) is 4.79 Å². The number of esters is 1. The van der Waals surface area contributed by atoms with Crippen molar-refractivity contribution in [2.45, 2.75) is 40.5 Å². The number of hydrogen-bond donors (Lipinski definition) is 0. The van der Waals surface area contributed by atoms with Crippen LogP contribution in [0, 0.1) is 17.0 Å². The Morgan fingerprint density at radius 3 is 1.88 bits per heavy atom. The van der Waals surface area contributed by atoms with E-state index >= 15 is 0 Å².